The summed E-state index contributed by atoms with van der Waals surface area (Å²) < 4.78 is 0. The summed E-state index contributed by atoms with van der Waals surface area (Å²) in [7, 11) is 0. The number of Topliss-reactive ketones (excluding diaryl/α,β-unsaturated/α-hetero) is 1. The normalized spacial score (nSPS) is 16.0. The zero-order valence-corrected chi connectivity index (χ0v) is 16.0. The number of nitrogens with one attached hydrogen (secondary N) is 1. The Hall–Kier alpha value is -2.95. The molecule has 1 fully saturated rings. The van der Waals surface area contributed by atoms with E-state index in [-0.39, 0.29) is 17.6 Å². The lowest BCUT2D eigenvalue weighted by atomic mass is 10.1. The first-order valence-electron chi connectivity index (χ1n) is 9.84. The van der Waals surface area contributed by atoms with Crippen molar-refractivity contribution >= 4 is 17.6 Å². The van der Waals surface area contributed by atoms with Gasteiger partial charge < -0.3 is 10.2 Å². The van der Waals surface area contributed by atoms with Crippen LogP contribution in [0.5, 0.6) is 0 Å². The van der Waals surface area contributed by atoms with E-state index in [9.17, 15) is 14.4 Å². The molecule has 0 saturated carbocycles. The molecule has 0 bridgehead atoms. The summed E-state index contributed by atoms with van der Waals surface area (Å²) in [5.74, 6) is -0.0970. The monoisotopic (exact) mass is 378 g/mol. The Morgan fingerprint density at radius 3 is 2.32 bits per heavy atom. The third-order valence-corrected chi connectivity index (χ3v) is 5.08. The number of likely N-dealkylation sites (tertiary alicyclic amines) is 1. The molecule has 3 rings (SSSR count). The topological polar surface area (TPSA) is 66.5 Å². The van der Waals surface area contributed by atoms with E-state index in [2.05, 4.69) is 5.32 Å². The average Bonchev–Trinajstić information content (AvgIpc) is 3.23. The molecule has 28 heavy (non-hydrogen) atoms. The van der Waals surface area contributed by atoms with Gasteiger partial charge in [-0.2, -0.15) is 0 Å². The van der Waals surface area contributed by atoms with Gasteiger partial charge in [-0.05, 0) is 24.8 Å². The minimum absolute atomic E-state index is 0.0433. The Morgan fingerprint density at radius 1 is 0.929 bits per heavy atom. The Morgan fingerprint density at radius 2 is 1.61 bits per heavy atom. The quantitative estimate of drug-likeness (QED) is 0.717. The van der Waals surface area contributed by atoms with Crippen molar-refractivity contribution < 1.29 is 14.4 Å². The van der Waals surface area contributed by atoms with Gasteiger partial charge in [0.2, 0.25) is 11.8 Å². The summed E-state index contributed by atoms with van der Waals surface area (Å²) in [6.07, 6.45) is 2.66. The number of rotatable bonds is 8. The first kappa shape index (κ1) is 19.8. The van der Waals surface area contributed by atoms with Gasteiger partial charge in [-0.3, -0.25) is 14.4 Å². The van der Waals surface area contributed by atoms with Gasteiger partial charge in [0.1, 0.15) is 6.04 Å². The van der Waals surface area contributed by atoms with E-state index in [1.165, 1.54) is 0 Å². The highest BCUT2D eigenvalue weighted by molar-refractivity contribution is 5.96. The maximum atomic E-state index is 12.6. The number of hydrogen-bond acceptors (Lipinski definition) is 3. The van der Waals surface area contributed by atoms with Crippen molar-refractivity contribution in [1.82, 2.24) is 10.2 Å². The van der Waals surface area contributed by atoms with E-state index in [0.717, 1.165) is 12.0 Å². The van der Waals surface area contributed by atoms with Crippen LogP contribution in [0, 0.1) is 0 Å². The van der Waals surface area contributed by atoms with Crippen molar-refractivity contribution in [3.05, 3.63) is 71.8 Å². The van der Waals surface area contributed by atoms with Crippen LogP contribution in [0.1, 0.15) is 48.0 Å². The number of carbonyl (C=O) groups excluding carboxylic acids is 3. The summed E-state index contributed by atoms with van der Waals surface area (Å²) in [4.78, 5) is 39.0. The van der Waals surface area contributed by atoms with Gasteiger partial charge in [-0.15, -0.1) is 0 Å². The molecule has 0 spiro atoms. The minimum Gasteiger partial charge on any atom is -0.350 e. The van der Waals surface area contributed by atoms with Crippen LogP contribution in [-0.4, -0.2) is 35.1 Å². The van der Waals surface area contributed by atoms with Gasteiger partial charge in [0.25, 0.3) is 0 Å². The second-order valence-electron chi connectivity index (χ2n) is 7.09. The molecule has 5 heteroatoms. The third kappa shape index (κ3) is 5.28. The number of amides is 2. The Labute approximate surface area is 165 Å². The summed E-state index contributed by atoms with van der Waals surface area (Å²) in [5, 5.41) is 2.93. The lowest BCUT2D eigenvalue weighted by Gasteiger charge is -2.24. The number of ketones is 1. The second kappa shape index (κ2) is 9.83. The van der Waals surface area contributed by atoms with Gasteiger partial charge in [0.05, 0.1) is 0 Å². The Bertz CT molecular complexity index is 805. The van der Waals surface area contributed by atoms with Crippen molar-refractivity contribution in [3.63, 3.8) is 0 Å². The highest BCUT2D eigenvalue weighted by Crippen LogP contribution is 2.20. The molecule has 1 aliphatic heterocycles. The molecule has 146 valence electrons. The standard InChI is InChI=1S/C23H26N2O3/c26-21(19-11-5-2-6-12-19)14-7-15-22(27)25-16-8-13-20(25)23(28)24-17-18-9-3-1-4-10-18/h1-6,9-12,20H,7-8,13-17H2,(H,24,28)/t20-/m0/s1. The highest BCUT2D eigenvalue weighted by Gasteiger charge is 2.33. The Balaban J connectivity index is 1.46. The van der Waals surface area contributed by atoms with E-state index >= 15 is 0 Å². The zero-order chi connectivity index (χ0) is 19.8. The molecule has 0 aromatic heterocycles. The van der Waals surface area contributed by atoms with E-state index in [1.807, 2.05) is 48.5 Å². The molecule has 0 unspecified atom stereocenters. The number of benzene rings is 2. The smallest absolute Gasteiger partial charge is 0.243 e. The van der Waals surface area contributed by atoms with Crippen molar-refractivity contribution in [2.24, 2.45) is 0 Å². The third-order valence-electron chi connectivity index (χ3n) is 5.08. The lowest BCUT2D eigenvalue weighted by molar-refractivity contribution is -0.138. The Kier molecular flexibility index (Phi) is 6.95. The fraction of sp³-hybridized carbons (Fsp3) is 0.348. The summed E-state index contributed by atoms with van der Waals surface area (Å²) in [5.41, 5.74) is 1.71. The molecule has 1 saturated heterocycles. The van der Waals surface area contributed by atoms with Crippen LogP contribution >= 0.6 is 0 Å². The van der Waals surface area contributed by atoms with E-state index < -0.39 is 6.04 Å². The first-order chi connectivity index (χ1) is 13.6. The van der Waals surface area contributed by atoms with Gasteiger partial charge in [-0.1, -0.05) is 60.7 Å². The summed E-state index contributed by atoms with van der Waals surface area (Å²) >= 11 is 0. The molecule has 1 atom stereocenters. The van der Waals surface area contributed by atoms with Gasteiger partial charge >= 0.3 is 0 Å². The van der Waals surface area contributed by atoms with E-state index in [0.29, 0.717) is 44.3 Å². The predicted octanol–water partition coefficient (Wildman–Crippen LogP) is 3.35. The van der Waals surface area contributed by atoms with E-state index in [4.69, 9.17) is 0 Å². The molecule has 1 heterocycles. The van der Waals surface area contributed by atoms with Crippen molar-refractivity contribution in [2.75, 3.05) is 6.54 Å². The summed E-state index contributed by atoms with van der Waals surface area (Å²) in [6, 6.07) is 18.4. The molecule has 1 aliphatic rings. The molecular weight excluding hydrogens is 352 g/mol. The fourth-order valence-electron chi connectivity index (χ4n) is 3.55. The first-order valence-corrected chi connectivity index (χ1v) is 9.84. The van der Waals surface area contributed by atoms with Crippen molar-refractivity contribution in [3.8, 4) is 0 Å². The summed E-state index contributed by atoms with van der Waals surface area (Å²) in [6.45, 7) is 1.07. The predicted molar refractivity (Wildman–Crippen MR) is 108 cm³/mol. The molecule has 2 amide bonds. The fourth-order valence-corrected chi connectivity index (χ4v) is 3.55. The minimum atomic E-state index is -0.402. The second-order valence-corrected chi connectivity index (χ2v) is 7.09. The SMILES string of the molecule is O=C(CCCC(=O)N1CCC[C@H]1C(=O)NCc1ccccc1)c1ccccc1. The van der Waals surface area contributed by atoms with Gasteiger partial charge in [-0.25, -0.2) is 0 Å². The van der Waals surface area contributed by atoms with Crippen LogP contribution in [-0.2, 0) is 16.1 Å². The number of nitrogens with zero attached hydrogens (tertiary/aromatic N) is 1. The number of carbonyl (C=O) groups is 3. The maximum absolute atomic E-state index is 12.6. The molecule has 5 nitrogen and oxygen atoms in total. The molecule has 0 aliphatic carbocycles. The van der Waals surface area contributed by atoms with Crippen LogP contribution in [0.25, 0.3) is 0 Å². The molecular formula is C23H26N2O3. The molecule has 2 aromatic rings. The van der Waals surface area contributed by atoms with Crippen LogP contribution in [0.2, 0.25) is 0 Å². The van der Waals surface area contributed by atoms with Crippen LogP contribution in [0.15, 0.2) is 60.7 Å². The average molecular weight is 378 g/mol. The molecule has 2 aromatic carbocycles. The van der Waals surface area contributed by atoms with Crippen LogP contribution in [0.3, 0.4) is 0 Å². The molecule has 0 radical (unpaired) electrons. The maximum Gasteiger partial charge on any atom is 0.243 e. The van der Waals surface area contributed by atoms with Crippen molar-refractivity contribution in [2.45, 2.75) is 44.7 Å². The van der Waals surface area contributed by atoms with Gasteiger partial charge in [0.15, 0.2) is 5.78 Å². The molecule has 1 N–H and O–H groups in total. The van der Waals surface area contributed by atoms with Crippen LogP contribution < -0.4 is 5.32 Å². The van der Waals surface area contributed by atoms with Crippen LogP contribution in [0.4, 0.5) is 0 Å². The highest BCUT2D eigenvalue weighted by atomic mass is 16.2. The van der Waals surface area contributed by atoms with Crippen molar-refractivity contribution in [1.29, 1.82) is 0 Å². The zero-order valence-electron chi connectivity index (χ0n) is 16.0. The van der Waals surface area contributed by atoms with E-state index in [1.54, 1.807) is 17.0 Å². The van der Waals surface area contributed by atoms with Gasteiger partial charge in [0, 0.05) is 31.5 Å². The largest absolute Gasteiger partial charge is 0.350 e. The lowest BCUT2D eigenvalue weighted by Crippen LogP contribution is -2.45. The number of hydrogen-bond donors (Lipinski definition) is 1.